The molecular formula is C14H24N2O. The number of amides is 1. The lowest BCUT2D eigenvalue weighted by Crippen LogP contribution is -2.50. The van der Waals surface area contributed by atoms with Crippen molar-refractivity contribution in [3.05, 3.63) is 12.2 Å². The number of carbonyl (C=O) groups excluding carboxylic acids is 1. The van der Waals surface area contributed by atoms with Gasteiger partial charge in [-0.05, 0) is 38.6 Å². The number of piperidine rings is 1. The van der Waals surface area contributed by atoms with Gasteiger partial charge in [-0.1, -0.05) is 19.1 Å². The van der Waals surface area contributed by atoms with Crippen molar-refractivity contribution in [3.63, 3.8) is 0 Å². The first-order chi connectivity index (χ1) is 8.33. The summed E-state index contributed by atoms with van der Waals surface area (Å²) in [5.74, 6) is 0.606. The van der Waals surface area contributed by atoms with Gasteiger partial charge in [-0.15, -0.1) is 0 Å². The summed E-state index contributed by atoms with van der Waals surface area (Å²) in [6.45, 7) is 5.16. The zero-order valence-corrected chi connectivity index (χ0v) is 10.8. The number of hydrogen-bond donors (Lipinski definition) is 1. The van der Waals surface area contributed by atoms with Crippen LogP contribution in [0.5, 0.6) is 0 Å². The Balaban J connectivity index is 1.96. The van der Waals surface area contributed by atoms with E-state index in [1.807, 2.05) is 0 Å². The van der Waals surface area contributed by atoms with Crippen molar-refractivity contribution in [2.24, 2.45) is 5.92 Å². The normalized spacial score (nSPS) is 25.1. The molecule has 0 saturated carbocycles. The molecule has 0 bridgehead atoms. The van der Waals surface area contributed by atoms with Crippen molar-refractivity contribution in [2.75, 3.05) is 19.6 Å². The maximum absolute atomic E-state index is 12.5. The highest BCUT2D eigenvalue weighted by Gasteiger charge is 2.29. The summed E-state index contributed by atoms with van der Waals surface area (Å²) in [4.78, 5) is 14.6. The molecule has 0 spiro atoms. The molecule has 3 heteroatoms. The van der Waals surface area contributed by atoms with Crippen LogP contribution in [0.15, 0.2) is 12.2 Å². The molecule has 0 radical (unpaired) electrons. The maximum Gasteiger partial charge on any atom is 0.226 e. The van der Waals surface area contributed by atoms with Gasteiger partial charge in [0, 0.05) is 25.0 Å². The minimum absolute atomic E-state index is 0.225. The molecule has 17 heavy (non-hydrogen) atoms. The smallest absolute Gasteiger partial charge is 0.226 e. The van der Waals surface area contributed by atoms with Crippen LogP contribution in [0, 0.1) is 5.92 Å². The van der Waals surface area contributed by atoms with E-state index in [9.17, 15) is 4.79 Å². The van der Waals surface area contributed by atoms with Crippen LogP contribution in [-0.2, 0) is 4.79 Å². The predicted molar refractivity (Wildman–Crippen MR) is 69.8 cm³/mol. The highest BCUT2D eigenvalue weighted by molar-refractivity contribution is 5.80. The van der Waals surface area contributed by atoms with Crippen molar-refractivity contribution >= 4 is 5.91 Å². The number of carbonyl (C=O) groups is 1. The third kappa shape index (κ3) is 3.09. The van der Waals surface area contributed by atoms with Crippen molar-refractivity contribution in [3.8, 4) is 0 Å². The van der Waals surface area contributed by atoms with Gasteiger partial charge >= 0.3 is 0 Å². The Morgan fingerprint density at radius 1 is 1.41 bits per heavy atom. The van der Waals surface area contributed by atoms with Gasteiger partial charge in [-0.3, -0.25) is 4.79 Å². The van der Waals surface area contributed by atoms with Crippen LogP contribution in [0.25, 0.3) is 0 Å². The van der Waals surface area contributed by atoms with E-state index in [-0.39, 0.29) is 5.92 Å². The van der Waals surface area contributed by atoms with E-state index < -0.39 is 0 Å². The van der Waals surface area contributed by atoms with Gasteiger partial charge in [0.05, 0.1) is 0 Å². The largest absolute Gasteiger partial charge is 0.338 e. The summed E-state index contributed by atoms with van der Waals surface area (Å²) in [5, 5.41) is 3.41. The molecule has 0 aromatic heterocycles. The van der Waals surface area contributed by atoms with E-state index in [0.717, 1.165) is 38.9 Å². The van der Waals surface area contributed by atoms with Gasteiger partial charge in [0.25, 0.3) is 0 Å². The van der Waals surface area contributed by atoms with Crippen molar-refractivity contribution in [2.45, 2.75) is 45.1 Å². The standard InChI is InChI=1S/C14H24N2O/c1-2-10-16(13-8-5-9-15-11-13)14(17)12-6-3-4-7-12/h3-4,12-13,15H,2,5-11H2,1H3. The van der Waals surface area contributed by atoms with Gasteiger partial charge in [0.1, 0.15) is 0 Å². The lowest BCUT2D eigenvalue weighted by atomic mass is 10.0. The Morgan fingerprint density at radius 2 is 2.18 bits per heavy atom. The summed E-state index contributed by atoms with van der Waals surface area (Å²) >= 11 is 0. The predicted octanol–water partition coefficient (Wildman–Crippen LogP) is 1.94. The average Bonchev–Trinajstić information content (AvgIpc) is 2.90. The molecule has 0 aromatic rings. The first-order valence-corrected chi connectivity index (χ1v) is 6.99. The molecule has 2 rings (SSSR count). The van der Waals surface area contributed by atoms with Crippen LogP contribution < -0.4 is 5.32 Å². The molecule has 1 amide bonds. The Bertz CT molecular complexity index is 274. The summed E-state index contributed by atoms with van der Waals surface area (Å²) in [6, 6.07) is 0.428. The van der Waals surface area contributed by atoms with Gasteiger partial charge in [-0.25, -0.2) is 0 Å². The topological polar surface area (TPSA) is 32.3 Å². The lowest BCUT2D eigenvalue weighted by molar-refractivity contribution is -0.138. The maximum atomic E-state index is 12.5. The SMILES string of the molecule is CCCN(C(=O)C1CC=CC1)C1CCCNC1. The van der Waals surface area contributed by atoms with E-state index in [2.05, 4.69) is 29.3 Å². The van der Waals surface area contributed by atoms with Crippen molar-refractivity contribution in [1.82, 2.24) is 10.2 Å². The fourth-order valence-corrected chi connectivity index (χ4v) is 2.87. The summed E-state index contributed by atoms with van der Waals surface area (Å²) in [6.07, 6.45) is 9.60. The Morgan fingerprint density at radius 3 is 2.76 bits per heavy atom. The molecule has 2 aliphatic rings. The fraction of sp³-hybridized carbons (Fsp3) is 0.786. The molecule has 1 saturated heterocycles. The van der Waals surface area contributed by atoms with E-state index in [0.29, 0.717) is 11.9 Å². The summed E-state index contributed by atoms with van der Waals surface area (Å²) in [5.41, 5.74) is 0. The monoisotopic (exact) mass is 236 g/mol. The van der Waals surface area contributed by atoms with Gasteiger partial charge < -0.3 is 10.2 Å². The highest BCUT2D eigenvalue weighted by atomic mass is 16.2. The second-order valence-electron chi connectivity index (χ2n) is 5.17. The van der Waals surface area contributed by atoms with Crippen molar-refractivity contribution < 1.29 is 4.79 Å². The van der Waals surface area contributed by atoms with Crippen LogP contribution in [0.1, 0.15) is 39.0 Å². The zero-order chi connectivity index (χ0) is 12.1. The fourth-order valence-electron chi connectivity index (χ4n) is 2.87. The Labute approximate surface area is 104 Å². The number of allylic oxidation sites excluding steroid dienone is 2. The number of nitrogens with one attached hydrogen (secondary N) is 1. The summed E-state index contributed by atoms with van der Waals surface area (Å²) < 4.78 is 0. The Kier molecular flexibility index (Phi) is 4.60. The third-order valence-electron chi connectivity index (χ3n) is 3.82. The van der Waals surface area contributed by atoms with Crippen LogP contribution in [0.3, 0.4) is 0 Å². The van der Waals surface area contributed by atoms with Crippen LogP contribution in [0.2, 0.25) is 0 Å². The average molecular weight is 236 g/mol. The zero-order valence-electron chi connectivity index (χ0n) is 10.8. The molecule has 3 nitrogen and oxygen atoms in total. The molecule has 1 aliphatic carbocycles. The first kappa shape index (κ1) is 12.6. The molecule has 1 aliphatic heterocycles. The van der Waals surface area contributed by atoms with Gasteiger partial charge in [0.15, 0.2) is 0 Å². The molecule has 1 fully saturated rings. The second-order valence-corrected chi connectivity index (χ2v) is 5.17. The number of nitrogens with zero attached hydrogens (tertiary/aromatic N) is 1. The van der Waals surface area contributed by atoms with E-state index in [1.165, 1.54) is 12.8 Å². The molecular weight excluding hydrogens is 212 g/mol. The van der Waals surface area contributed by atoms with Crippen LogP contribution in [0.4, 0.5) is 0 Å². The first-order valence-electron chi connectivity index (χ1n) is 6.99. The molecule has 0 aromatic carbocycles. The number of rotatable bonds is 4. The molecule has 1 heterocycles. The van der Waals surface area contributed by atoms with Crippen LogP contribution in [-0.4, -0.2) is 36.5 Å². The molecule has 96 valence electrons. The molecule has 1 unspecified atom stereocenters. The summed E-state index contributed by atoms with van der Waals surface area (Å²) in [7, 11) is 0. The van der Waals surface area contributed by atoms with E-state index >= 15 is 0 Å². The molecule has 1 N–H and O–H groups in total. The van der Waals surface area contributed by atoms with Gasteiger partial charge in [0.2, 0.25) is 5.91 Å². The van der Waals surface area contributed by atoms with Crippen molar-refractivity contribution in [1.29, 1.82) is 0 Å². The minimum Gasteiger partial charge on any atom is -0.338 e. The second kappa shape index (κ2) is 6.20. The quantitative estimate of drug-likeness (QED) is 0.757. The number of hydrogen-bond acceptors (Lipinski definition) is 2. The third-order valence-corrected chi connectivity index (χ3v) is 3.82. The van der Waals surface area contributed by atoms with Crippen LogP contribution >= 0.6 is 0 Å². The lowest BCUT2D eigenvalue weighted by Gasteiger charge is -2.36. The highest BCUT2D eigenvalue weighted by Crippen LogP contribution is 2.23. The molecule has 1 atom stereocenters. The minimum atomic E-state index is 0.225. The van der Waals surface area contributed by atoms with Gasteiger partial charge in [-0.2, -0.15) is 0 Å². The van der Waals surface area contributed by atoms with E-state index in [1.54, 1.807) is 0 Å². The van der Waals surface area contributed by atoms with E-state index in [4.69, 9.17) is 0 Å². The Hall–Kier alpha value is -0.830.